The number of anilines is 2. The Morgan fingerprint density at radius 3 is 2.25 bits per heavy atom. The van der Waals surface area contributed by atoms with E-state index in [1.807, 2.05) is 18.2 Å². The lowest BCUT2D eigenvalue weighted by atomic mass is 10.1. The van der Waals surface area contributed by atoms with E-state index in [9.17, 15) is 9.59 Å². The van der Waals surface area contributed by atoms with Gasteiger partial charge in [0.25, 0.3) is 5.78 Å². The van der Waals surface area contributed by atoms with E-state index in [4.69, 9.17) is 9.47 Å². The van der Waals surface area contributed by atoms with E-state index in [1.54, 1.807) is 17.0 Å². The molecule has 0 bridgehead atoms. The molecule has 3 aliphatic rings. The maximum absolute atomic E-state index is 12.6. The zero-order valence-electron chi connectivity index (χ0n) is 15.5. The first-order chi connectivity index (χ1) is 13.7. The molecule has 3 heterocycles. The topological polar surface area (TPSA) is 62.3 Å². The standard InChI is InChI=1S/C21H21N3O4/c25-20-16-12-18-19(28-11-10-27-18)13-17(16)24(21(20)26)14-22-6-8-23(9-7-22)15-4-2-1-3-5-15/h1-5,12-13H,6-11,14H2. The van der Waals surface area contributed by atoms with Crippen molar-refractivity contribution < 1.29 is 19.1 Å². The Morgan fingerprint density at radius 2 is 1.54 bits per heavy atom. The highest BCUT2D eigenvalue weighted by Gasteiger charge is 2.38. The number of hydrogen-bond acceptors (Lipinski definition) is 6. The molecule has 1 saturated heterocycles. The van der Waals surface area contributed by atoms with Gasteiger partial charge in [0.05, 0.1) is 17.9 Å². The number of Topliss-reactive ketones (excluding diaryl/α,β-unsaturated/α-hetero) is 1. The van der Waals surface area contributed by atoms with Crippen molar-refractivity contribution in [1.29, 1.82) is 0 Å². The van der Waals surface area contributed by atoms with Gasteiger partial charge < -0.3 is 14.4 Å². The van der Waals surface area contributed by atoms with Gasteiger partial charge in [0, 0.05) is 37.9 Å². The number of ether oxygens (including phenoxy) is 2. The van der Waals surface area contributed by atoms with Crippen LogP contribution in [0, 0.1) is 0 Å². The number of hydrogen-bond donors (Lipinski definition) is 0. The van der Waals surface area contributed by atoms with Crippen LogP contribution < -0.4 is 19.3 Å². The van der Waals surface area contributed by atoms with Crippen molar-refractivity contribution >= 4 is 23.1 Å². The van der Waals surface area contributed by atoms with Gasteiger partial charge in [0.1, 0.15) is 13.2 Å². The summed E-state index contributed by atoms with van der Waals surface area (Å²) >= 11 is 0. The van der Waals surface area contributed by atoms with Crippen molar-refractivity contribution in [3.8, 4) is 11.5 Å². The van der Waals surface area contributed by atoms with E-state index in [2.05, 4.69) is 21.9 Å². The molecule has 7 heteroatoms. The van der Waals surface area contributed by atoms with Crippen LogP contribution in [0.15, 0.2) is 42.5 Å². The van der Waals surface area contributed by atoms with Crippen LogP contribution in [0.25, 0.3) is 0 Å². The van der Waals surface area contributed by atoms with Crippen LogP contribution >= 0.6 is 0 Å². The summed E-state index contributed by atoms with van der Waals surface area (Å²) in [5.41, 5.74) is 2.23. The Labute approximate surface area is 163 Å². The minimum atomic E-state index is -0.483. The molecule has 0 aromatic heterocycles. The zero-order valence-corrected chi connectivity index (χ0v) is 15.5. The van der Waals surface area contributed by atoms with Crippen LogP contribution in [0.3, 0.4) is 0 Å². The fourth-order valence-corrected chi connectivity index (χ4v) is 3.96. The third-order valence-corrected chi connectivity index (χ3v) is 5.47. The average molecular weight is 379 g/mol. The summed E-state index contributed by atoms with van der Waals surface area (Å²) in [7, 11) is 0. The van der Waals surface area contributed by atoms with Crippen LogP contribution in [-0.4, -0.2) is 62.7 Å². The third-order valence-electron chi connectivity index (χ3n) is 5.47. The second kappa shape index (κ2) is 6.83. The number of para-hydroxylation sites is 1. The van der Waals surface area contributed by atoms with E-state index < -0.39 is 11.7 Å². The Hall–Kier alpha value is -3.06. The monoisotopic (exact) mass is 379 g/mol. The van der Waals surface area contributed by atoms with E-state index in [0.717, 1.165) is 26.2 Å². The van der Waals surface area contributed by atoms with Crippen molar-refractivity contribution in [2.75, 3.05) is 55.9 Å². The first-order valence-electron chi connectivity index (χ1n) is 9.53. The molecule has 2 aromatic carbocycles. The highest BCUT2D eigenvalue weighted by atomic mass is 16.6. The summed E-state index contributed by atoms with van der Waals surface area (Å²) in [6.07, 6.45) is 0. The van der Waals surface area contributed by atoms with Crippen LogP contribution in [0.4, 0.5) is 11.4 Å². The summed E-state index contributed by atoms with van der Waals surface area (Å²) in [6, 6.07) is 13.7. The van der Waals surface area contributed by atoms with Gasteiger partial charge in [0.2, 0.25) is 0 Å². The molecule has 0 radical (unpaired) electrons. The van der Waals surface area contributed by atoms with Crippen molar-refractivity contribution in [3.05, 3.63) is 48.0 Å². The average Bonchev–Trinajstić information content (AvgIpc) is 2.98. The molecular formula is C21H21N3O4. The van der Waals surface area contributed by atoms with Gasteiger partial charge in [-0.2, -0.15) is 0 Å². The molecule has 28 heavy (non-hydrogen) atoms. The lowest BCUT2D eigenvalue weighted by Crippen LogP contribution is -2.51. The van der Waals surface area contributed by atoms with Gasteiger partial charge in [-0.1, -0.05) is 18.2 Å². The second-order valence-electron chi connectivity index (χ2n) is 7.16. The largest absolute Gasteiger partial charge is 0.486 e. The summed E-state index contributed by atoms with van der Waals surface area (Å²) in [4.78, 5) is 31.2. The van der Waals surface area contributed by atoms with Crippen molar-refractivity contribution in [2.24, 2.45) is 0 Å². The van der Waals surface area contributed by atoms with E-state index in [0.29, 0.717) is 42.6 Å². The minimum Gasteiger partial charge on any atom is -0.486 e. The summed E-state index contributed by atoms with van der Waals surface area (Å²) in [6.45, 7) is 4.74. The molecule has 7 nitrogen and oxygen atoms in total. The number of piperazine rings is 1. The summed E-state index contributed by atoms with van der Waals surface area (Å²) in [5, 5.41) is 0. The fraction of sp³-hybridized carbons (Fsp3) is 0.333. The van der Waals surface area contributed by atoms with Crippen molar-refractivity contribution in [2.45, 2.75) is 0 Å². The van der Waals surface area contributed by atoms with Gasteiger partial charge in [-0.3, -0.25) is 19.4 Å². The van der Waals surface area contributed by atoms with Gasteiger partial charge in [-0.05, 0) is 18.2 Å². The Balaban J connectivity index is 1.32. The second-order valence-corrected chi connectivity index (χ2v) is 7.16. The van der Waals surface area contributed by atoms with Gasteiger partial charge in [-0.25, -0.2) is 0 Å². The number of rotatable bonds is 3. The molecule has 1 fully saturated rings. The van der Waals surface area contributed by atoms with Gasteiger partial charge >= 0.3 is 5.91 Å². The zero-order chi connectivity index (χ0) is 19.1. The van der Waals surface area contributed by atoms with Gasteiger partial charge in [0.15, 0.2) is 11.5 Å². The molecule has 0 saturated carbocycles. The predicted molar refractivity (Wildman–Crippen MR) is 104 cm³/mol. The van der Waals surface area contributed by atoms with Crippen LogP contribution in [0.1, 0.15) is 10.4 Å². The number of carbonyl (C=O) groups excluding carboxylic acids is 2. The molecule has 3 aliphatic heterocycles. The maximum atomic E-state index is 12.6. The van der Waals surface area contributed by atoms with E-state index >= 15 is 0 Å². The lowest BCUT2D eigenvalue weighted by Gasteiger charge is -2.37. The van der Waals surface area contributed by atoms with Crippen molar-refractivity contribution in [1.82, 2.24) is 4.90 Å². The van der Waals surface area contributed by atoms with E-state index in [-0.39, 0.29) is 0 Å². The minimum absolute atomic E-state index is 0.400. The highest BCUT2D eigenvalue weighted by molar-refractivity contribution is 6.52. The van der Waals surface area contributed by atoms with Crippen LogP contribution in [0.2, 0.25) is 0 Å². The highest BCUT2D eigenvalue weighted by Crippen LogP contribution is 2.40. The number of nitrogens with zero attached hydrogens (tertiary/aromatic N) is 3. The smallest absolute Gasteiger partial charge is 0.300 e. The maximum Gasteiger partial charge on any atom is 0.300 e. The number of carbonyl (C=O) groups is 2. The molecule has 1 amide bonds. The molecule has 0 aliphatic carbocycles. The van der Waals surface area contributed by atoms with Crippen LogP contribution in [0.5, 0.6) is 11.5 Å². The summed E-state index contributed by atoms with van der Waals surface area (Å²) in [5.74, 6) is 0.161. The molecule has 0 atom stereocenters. The lowest BCUT2D eigenvalue weighted by molar-refractivity contribution is -0.114. The Kier molecular flexibility index (Phi) is 4.16. The molecule has 0 N–H and O–H groups in total. The number of amides is 1. The normalized spacial score (nSPS) is 19.1. The molecule has 0 spiro atoms. The molecule has 0 unspecified atom stereocenters. The van der Waals surface area contributed by atoms with E-state index in [1.165, 1.54) is 5.69 Å². The predicted octanol–water partition coefficient (Wildman–Crippen LogP) is 1.77. The summed E-state index contributed by atoms with van der Waals surface area (Å²) < 4.78 is 11.2. The molecule has 5 rings (SSSR count). The first-order valence-corrected chi connectivity index (χ1v) is 9.53. The SMILES string of the molecule is O=C1C(=O)N(CN2CCN(c3ccccc3)CC2)c2cc3c(cc21)OCCO3. The van der Waals surface area contributed by atoms with Crippen LogP contribution in [-0.2, 0) is 4.79 Å². The third kappa shape index (κ3) is 2.88. The molecular weight excluding hydrogens is 358 g/mol. The Morgan fingerprint density at radius 1 is 0.857 bits per heavy atom. The molecule has 144 valence electrons. The van der Waals surface area contributed by atoms with Gasteiger partial charge in [-0.15, -0.1) is 0 Å². The number of benzene rings is 2. The first kappa shape index (κ1) is 17.1. The molecule has 2 aromatic rings. The fourth-order valence-electron chi connectivity index (χ4n) is 3.96. The Bertz CT molecular complexity index is 923. The number of fused-ring (bicyclic) bond motifs is 2. The number of ketones is 1. The van der Waals surface area contributed by atoms with Crippen molar-refractivity contribution in [3.63, 3.8) is 0 Å². The quantitative estimate of drug-likeness (QED) is 0.758.